The lowest BCUT2D eigenvalue weighted by atomic mass is 10.3. The maximum absolute atomic E-state index is 12.1. The fraction of sp³-hybridized carbons (Fsp3) is 0. The molecular formula is C10H7BrCl2N4O2S. The van der Waals surface area contributed by atoms with Crippen molar-refractivity contribution in [1.82, 2.24) is 9.97 Å². The Morgan fingerprint density at radius 1 is 1.15 bits per heavy atom. The van der Waals surface area contributed by atoms with Crippen molar-refractivity contribution >= 4 is 60.8 Å². The van der Waals surface area contributed by atoms with Crippen LogP contribution in [0.5, 0.6) is 0 Å². The molecule has 1 aromatic carbocycles. The lowest BCUT2D eigenvalue weighted by Gasteiger charge is -2.10. The van der Waals surface area contributed by atoms with Gasteiger partial charge in [0.05, 0.1) is 28.1 Å². The summed E-state index contributed by atoms with van der Waals surface area (Å²) in [5.41, 5.74) is 5.45. The SMILES string of the molecule is Nc1ncc(S(=O)(=O)Nc2ccc(Br)c(Cl)c2Cl)cn1. The van der Waals surface area contributed by atoms with Crippen LogP contribution < -0.4 is 10.5 Å². The predicted molar refractivity (Wildman–Crippen MR) is 81.4 cm³/mol. The summed E-state index contributed by atoms with van der Waals surface area (Å²) in [7, 11) is -3.87. The fourth-order valence-corrected chi connectivity index (χ4v) is 3.11. The number of aromatic nitrogens is 2. The van der Waals surface area contributed by atoms with Gasteiger partial charge in [0.2, 0.25) is 5.95 Å². The minimum atomic E-state index is -3.87. The Kier molecular flexibility index (Phi) is 4.38. The normalized spacial score (nSPS) is 11.3. The quantitative estimate of drug-likeness (QED) is 0.775. The highest BCUT2D eigenvalue weighted by Crippen LogP contribution is 2.36. The molecule has 0 spiro atoms. The van der Waals surface area contributed by atoms with E-state index in [1.165, 1.54) is 6.07 Å². The number of hydrogen-bond acceptors (Lipinski definition) is 5. The van der Waals surface area contributed by atoms with E-state index >= 15 is 0 Å². The number of nitrogens with two attached hydrogens (primary N) is 1. The first-order chi connectivity index (χ1) is 9.31. The van der Waals surface area contributed by atoms with Crippen molar-refractivity contribution < 1.29 is 8.42 Å². The van der Waals surface area contributed by atoms with E-state index in [0.29, 0.717) is 4.47 Å². The molecule has 0 amide bonds. The third-order valence-corrected chi connectivity index (χ3v) is 5.33. The summed E-state index contributed by atoms with van der Waals surface area (Å²) in [5.74, 6) is -0.0198. The van der Waals surface area contributed by atoms with Crippen LogP contribution in [0.1, 0.15) is 0 Å². The minimum absolute atomic E-state index is 0.0198. The van der Waals surface area contributed by atoms with Crippen molar-refractivity contribution in [2.24, 2.45) is 0 Å². The lowest BCUT2D eigenvalue weighted by molar-refractivity contribution is 0.600. The zero-order valence-corrected chi connectivity index (χ0v) is 13.6. The molecule has 0 radical (unpaired) electrons. The molecule has 0 saturated carbocycles. The van der Waals surface area contributed by atoms with Crippen LogP contribution in [0.3, 0.4) is 0 Å². The maximum Gasteiger partial charge on any atom is 0.265 e. The highest BCUT2D eigenvalue weighted by atomic mass is 79.9. The predicted octanol–water partition coefficient (Wildman–Crippen LogP) is 2.93. The Balaban J connectivity index is 2.38. The van der Waals surface area contributed by atoms with E-state index in [0.717, 1.165) is 12.4 Å². The number of nitrogen functional groups attached to an aromatic ring is 1. The minimum Gasteiger partial charge on any atom is -0.368 e. The van der Waals surface area contributed by atoms with E-state index in [1.54, 1.807) is 6.07 Å². The van der Waals surface area contributed by atoms with E-state index in [1.807, 2.05) is 0 Å². The summed E-state index contributed by atoms with van der Waals surface area (Å²) in [6.45, 7) is 0. The van der Waals surface area contributed by atoms with Gasteiger partial charge >= 0.3 is 0 Å². The average molecular weight is 398 g/mol. The summed E-state index contributed by atoms with van der Waals surface area (Å²) in [4.78, 5) is 7.11. The number of hydrogen-bond donors (Lipinski definition) is 2. The Hall–Kier alpha value is -1.09. The molecule has 0 aliphatic heterocycles. The Labute approximate surface area is 133 Å². The van der Waals surface area contributed by atoms with Gasteiger partial charge in [-0.2, -0.15) is 0 Å². The molecule has 0 fully saturated rings. The molecule has 6 nitrogen and oxygen atoms in total. The van der Waals surface area contributed by atoms with Crippen molar-refractivity contribution in [1.29, 1.82) is 0 Å². The second-order valence-corrected chi connectivity index (χ2v) is 6.90. The molecule has 2 rings (SSSR count). The number of halogens is 3. The Morgan fingerprint density at radius 2 is 1.75 bits per heavy atom. The standard InChI is InChI=1S/C10H7BrCl2N4O2S/c11-6-1-2-7(9(13)8(6)12)17-20(18,19)5-3-15-10(14)16-4-5/h1-4,17H,(H2,14,15,16). The number of sulfonamides is 1. The van der Waals surface area contributed by atoms with Gasteiger partial charge in [0.15, 0.2) is 0 Å². The van der Waals surface area contributed by atoms with E-state index in [-0.39, 0.29) is 26.6 Å². The van der Waals surface area contributed by atoms with Gasteiger partial charge in [-0.25, -0.2) is 18.4 Å². The second kappa shape index (κ2) is 5.72. The highest BCUT2D eigenvalue weighted by molar-refractivity contribution is 9.10. The molecule has 20 heavy (non-hydrogen) atoms. The smallest absolute Gasteiger partial charge is 0.265 e. The summed E-state index contributed by atoms with van der Waals surface area (Å²) >= 11 is 15.1. The van der Waals surface area contributed by atoms with E-state index < -0.39 is 10.0 Å². The average Bonchev–Trinajstić information content (AvgIpc) is 2.40. The Bertz CT molecular complexity index is 753. The first-order valence-corrected chi connectivity index (χ1v) is 8.08. The van der Waals surface area contributed by atoms with Crippen LogP contribution in [0.2, 0.25) is 10.0 Å². The molecule has 0 aliphatic carbocycles. The molecule has 106 valence electrons. The largest absolute Gasteiger partial charge is 0.368 e. The number of nitrogens with one attached hydrogen (secondary N) is 1. The molecule has 1 aromatic heterocycles. The third-order valence-electron chi connectivity index (χ3n) is 2.24. The number of rotatable bonds is 3. The molecular weight excluding hydrogens is 391 g/mol. The molecule has 0 saturated heterocycles. The van der Waals surface area contributed by atoms with Crippen molar-refractivity contribution in [2.75, 3.05) is 10.5 Å². The van der Waals surface area contributed by atoms with Crippen molar-refractivity contribution in [3.8, 4) is 0 Å². The molecule has 0 aliphatic rings. The van der Waals surface area contributed by atoms with Gasteiger partial charge in [-0.05, 0) is 28.1 Å². The molecule has 3 N–H and O–H groups in total. The van der Waals surface area contributed by atoms with Gasteiger partial charge in [0.25, 0.3) is 10.0 Å². The zero-order chi connectivity index (χ0) is 14.9. The summed E-state index contributed by atoms with van der Waals surface area (Å²) < 4.78 is 27.1. The van der Waals surface area contributed by atoms with Crippen LogP contribution in [0.15, 0.2) is 33.9 Å². The third kappa shape index (κ3) is 3.14. The maximum atomic E-state index is 12.1. The van der Waals surface area contributed by atoms with Gasteiger partial charge in [0, 0.05) is 4.47 Å². The fourth-order valence-electron chi connectivity index (χ4n) is 1.27. The van der Waals surface area contributed by atoms with Crippen molar-refractivity contribution in [3.05, 3.63) is 39.0 Å². The molecule has 1 heterocycles. The van der Waals surface area contributed by atoms with Crippen LogP contribution in [0.25, 0.3) is 0 Å². The summed E-state index contributed by atoms with van der Waals surface area (Å²) in [5, 5.41) is 0.293. The zero-order valence-electron chi connectivity index (χ0n) is 9.64. The van der Waals surface area contributed by atoms with E-state index in [4.69, 9.17) is 28.9 Å². The van der Waals surface area contributed by atoms with Gasteiger partial charge in [-0.3, -0.25) is 4.72 Å². The lowest BCUT2D eigenvalue weighted by Crippen LogP contribution is -2.14. The first kappa shape index (κ1) is 15.3. The number of anilines is 2. The molecule has 0 atom stereocenters. The number of benzene rings is 1. The van der Waals surface area contributed by atoms with E-state index in [2.05, 4.69) is 30.6 Å². The van der Waals surface area contributed by atoms with Gasteiger partial charge in [0.1, 0.15) is 4.90 Å². The number of nitrogens with zero attached hydrogens (tertiary/aromatic N) is 2. The van der Waals surface area contributed by atoms with Crippen LogP contribution in [-0.2, 0) is 10.0 Å². The molecule has 0 unspecified atom stereocenters. The molecule has 10 heteroatoms. The second-order valence-electron chi connectivity index (χ2n) is 3.61. The first-order valence-electron chi connectivity index (χ1n) is 5.05. The Morgan fingerprint density at radius 3 is 2.35 bits per heavy atom. The summed E-state index contributed by atoms with van der Waals surface area (Å²) in [6.07, 6.45) is 2.19. The molecule has 2 aromatic rings. The highest BCUT2D eigenvalue weighted by Gasteiger charge is 2.18. The van der Waals surface area contributed by atoms with Crippen LogP contribution in [0, 0.1) is 0 Å². The van der Waals surface area contributed by atoms with Gasteiger partial charge < -0.3 is 5.73 Å². The van der Waals surface area contributed by atoms with Crippen LogP contribution >= 0.6 is 39.1 Å². The van der Waals surface area contributed by atoms with Gasteiger partial charge in [-0.1, -0.05) is 23.2 Å². The van der Waals surface area contributed by atoms with Crippen LogP contribution in [0.4, 0.5) is 11.6 Å². The van der Waals surface area contributed by atoms with Crippen LogP contribution in [-0.4, -0.2) is 18.4 Å². The van der Waals surface area contributed by atoms with Gasteiger partial charge in [-0.15, -0.1) is 0 Å². The topological polar surface area (TPSA) is 98.0 Å². The monoisotopic (exact) mass is 396 g/mol. The van der Waals surface area contributed by atoms with Crippen molar-refractivity contribution in [3.63, 3.8) is 0 Å². The summed E-state index contributed by atoms with van der Waals surface area (Å²) in [6, 6.07) is 3.06. The van der Waals surface area contributed by atoms with Crippen molar-refractivity contribution in [2.45, 2.75) is 4.90 Å². The molecule has 0 bridgehead atoms. The van der Waals surface area contributed by atoms with E-state index in [9.17, 15) is 8.42 Å².